The third-order valence-electron chi connectivity index (χ3n) is 12.0. The zero-order chi connectivity index (χ0) is 39.6. The molecule has 0 atom stereocenters. The van der Waals surface area contributed by atoms with E-state index in [1.165, 1.54) is 75.8 Å². The standard InChI is InChI=1S/C57H36N2S/c1-4-14-37(15-5-1)44-35-51(39-18-8-3-9-19-39)58-52(36-44)43-22-10-23-45(32-43)59-53-30-28-41(33-49(53)48-26-13-24-46(57(48)59)38-16-6-2-7-17-38)42-29-31-54-50(34-42)47-25-11-20-40-21-12-27-55(60-54)56(40)47/h1-36H. The van der Waals surface area contributed by atoms with E-state index in [-0.39, 0.29) is 0 Å². The molecule has 3 heterocycles. The number of rotatable bonds is 6. The summed E-state index contributed by atoms with van der Waals surface area (Å²) in [6.07, 6.45) is 0. The van der Waals surface area contributed by atoms with Crippen LogP contribution in [0.15, 0.2) is 228 Å². The third-order valence-corrected chi connectivity index (χ3v) is 13.1. The smallest absolute Gasteiger partial charge is 0.0716 e. The first kappa shape index (κ1) is 34.6. The summed E-state index contributed by atoms with van der Waals surface area (Å²) in [5, 5.41) is 5.08. The molecule has 11 aromatic rings. The lowest BCUT2D eigenvalue weighted by Crippen LogP contribution is -1.97. The van der Waals surface area contributed by atoms with Crippen LogP contribution in [0.3, 0.4) is 0 Å². The highest BCUT2D eigenvalue weighted by Gasteiger charge is 2.21. The van der Waals surface area contributed by atoms with E-state index in [0.29, 0.717) is 0 Å². The van der Waals surface area contributed by atoms with Crippen molar-refractivity contribution in [2.24, 2.45) is 0 Å². The maximum Gasteiger partial charge on any atom is 0.0716 e. The van der Waals surface area contributed by atoms with Crippen molar-refractivity contribution in [2.45, 2.75) is 9.79 Å². The molecule has 0 bridgehead atoms. The molecule has 3 heteroatoms. The minimum atomic E-state index is 0.937. The Morgan fingerprint density at radius 1 is 0.350 bits per heavy atom. The molecule has 9 aromatic carbocycles. The molecule has 60 heavy (non-hydrogen) atoms. The summed E-state index contributed by atoms with van der Waals surface area (Å²) in [6.45, 7) is 0. The summed E-state index contributed by atoms with van der Waals surface area (Å²) in [7, 11) is 0. The highest BCUT2D eigenvalue weighted by atomic mass is 32.2. The molecule has 0 saturated heterocycles. The predicted octanol–water partition coefficient (Wildman–Crippen LogP) is 15.8. The Morgan fingerprint density at radius 3 is 1.78 bits per heavy atom. The Balaban J connectivity index is 1.05. The van der Waals surface area contributed by atoms with Crippen LogP contribution in [0.5, 0.6) is 0 Å². The quantitative estimate of drug-likeness (QED) is 0.167. The lowest BCUT2D eigenvalue weighted by atomic mass is 9.94. The summed E-state index contributed by atoms with van der Waals surface area (Å²) in [5.74, 6) is 0. The van der Waals surface area contributed by atoms with Gasteiger partial charge >= 0.3 is 0 Å². The summed E-state index contributed by atoms with van der Waals surface area (Å²) >= 11 is 1.87. The number of hydrogen-bond donors (Lipinski definition) is 0. The van der Waals surface area contributed by atoms with E-state index in [0.717, 1.165) is 39.3 Å². The van der Waals surface area contributed by atoms with Crippen molar-refractivity contribution in [2.75, 3.05) is 0 Å². The maximum absolute atomic E-state index is 5.30. The van der Waals surface area contributed by atoms with Gasteiger partial charge in [0.25, 0.3) is 0 Å². The van der Waals surface area contributed by atoms with E-state index < -0.39 is 0 Å². The molecule has 0 spiro atoms. The third kappa shape index (κ3) is 5.78. The van der Waals surface area contributed by atoms with Gasteiger partial charge in [-0.3, -0.25) is 0 Å². The van der Waals surface area contributed by atoms with Gasteiger partial charge in [0.15, 0.2) is 0 Å². The van der Waals surface area contributed by atoms with Gasteiger partial charge in [0, 0.05) is 48.3 Å². The molecule has 12 rings (SSSR count). The second-order valence-corrected chi connectivity index (χ2v) is 16.6. The molecule has 0 unspecified atom stereocenters. The molecular formula is C57H36N2S. The van der Waals surface area contributed by atoms with Crippen LogP contribution >= 0.6 is 11.8 Å². The van der Waals surface area contributed by atoms with E-state index in [2.05, 4.69) is 223 Å². The second-order valence-electron chi connectivity index (χ2n) is 15.5. The van der Waals surface area contributed by atoms with Gasteiger partial charge in [-0.15, -0.1) is 0 Å². The molecule has 0 amide bonds. The number of nitrogens with zero attached hydrogens (tertiary/aromatic N) is 2. The maximum atomic E-state index is 5.30. The monoisotopic (exact) mass is 780 g/mol. The van der Waals surface area contributed by atoms with Crippen LogP contribution in [0.25, 0.3) is 105 Å². The second kappa shape index (κ2) is 14.1. The van der Waals surface area contributed by atoms with Gasteiger partial charge in [-0.25, -0.2) is 4.98 Å². The number of aromatic nitrogens is 2. The number of fused-ring (bicyclic) bond motifs is 5. The van der Waals surface area contributed by atoms with Crippen LogP contribution in [-0.2, 0) is 0 Å². The van der Waals surface area contributed by atoms with Crippen molar-refractivity contribution in [3.63, 3.8) is 0 Å². The zero-order valence-electron chi connectivity index (χ0n) is 32.6. The first-order valence-electron chi connectivity index (χ1n) is 20.4. The lowest BCUT2D eigenvalue weighted by molar-refractivity contribution is 1.18. The van der Waals surface area contributed by atoms with Gasteiger partial charge in [0.2, 0.25) is 0 Å². The molecule has 2 aromatic heterocycles. The molecule has 1 aliphatic rings. The molecule has 0 radical (unpaired) electrons. The lowest BCUT2D eigenvalue weighted by Gasteiger charge is -2.21. The van der Waals surface area contributed by atoms with Gasteiger partial charge in [-0.2, -0.15) is 0 Å². The largest absolute Gasteiger partial charge is 0.309 e. The Morgan fingerprint density at radius 2 is 0.983 bits per heavy atom. The zero-order valence-corrected chi connectivity index (χ0v) is 33.4. The Labute approximate surface area is 353 Å². The number of pyridine rings is 1. The number of hydrogen-bond acceptors (Lipinski definition) is 2. The first-order valence-corrected chi connectivity index (χ1v) is 21.3. The summed E-state index contributed by atoms with van der Waals surface area (Å²) in [6, 6.07) is 79.3. The molecule has 0 aliphatic carbocycles. The molecule has 280 valence electrons. The van der Waals surface area contributed by atoms with E-state index in [1.807, 2.05) is 11.8 Å². The number of para-hydroxylation sites is 1. The normalized spacial score (nSPS) is 11.9. The van der Waals surface area contributed by atoms with Crippen LogP contribution in [0, 0.1) is 0 Å². The van der Waals surface area contributed by atoms with Crippen LogP contribution in [-0.4, -0.2) is 9.55 Å². The molecular weight excluding hydrogens is 745 g/mol. The minimum Gasteiger partial charge on any atom is -0.309 e. The Kier molecular flexibility index (Phi) is 8.14. The van der Waals surface area contributed by atoms with Gasteiger partial charge in [-0.1, -0.05) is 176 Å². The Bertz CT molecular complexity index is 3380. The van der Waals surface area contributed by atoms with Gasteiger partial charge in [0.05, 0.1) is 22.4 Å². The highest BCUT2D eigenvalue weighted by Crippen LogP contribution is 2.49. The summed E-state index contributed by atoms with van der Waals surface area (Å²) < 4.78 is 2.46. The molecule has 2 nitrogen and oxygen atoms in total. The van der Waals surface area contributed by atoms with Crippen molar-refractivity contribution in [3.05, 3.63) is 218 Å². The van der Waals surface area contributed by atoms with E-state index in [4.69, 9.17) is 4.98 Å². The first-order chi connectivity index (χ1) is 29.7. The van der Waals surface area contributed by atoms with Crippen LogP contribution in [0.2, 0.25) is 0 Å². The molecule has 1 aliphatic heterocycles. The predicted molar refractivity (Wildman–Crippen MR) is 253 cm³/mol. The summed E-state index contributed by atoms with van der Waals surface area (Å²) in [5.41, 5.74) is 17.2. The average Bonchev–Trinajstić information content (AvgIpc) is 3.66. The van der Waals surface area contributed by atoms with E-state index >= 15 is 0 Å². The van der Waals surface area contributed by atoms with Crippen molar-refractivity contribution >= 4 is 44.3 Å². The molecule has 0 fully saturated rings. The van der Waals surface area contributed by atoms with Crippen LogP contribution < -0.4 is 0 Å². The minimum absolute atomic E-state index is 0.937. The SMILES string of the molecule is c1ccc(-c2cc(-c3ccccc3)nc(-c3cccc(-n4c5ccc(-c6ccc7c(c6)-c6cccc8cccc(c68)S7)cc5c5cccc(-c6ccccc6)c54)c3)c2)cc1. The van der Waals surface area contributed by atoms with Crippen LogP contribution in [0.4, 0.5) is 0 Å². The fourth-order valence-corrected chi connectivity index (χ4v) is 10.3. The van der Waals surface area contributed by atoms with Crippen molar-refractivity contribution in [3.8, 4) is 72.7 Å². The van der Waals surface area contributed by atoms with Crippen molar-refractivity contribution < 1.29 is 0 Å². The fourth-order valence-electron chi connectivity index (χ4n) is 9.15. The van der Waals surface area contributed by atoms with Gasteiger partial charge in [0.1, 0.15) is 0 Å². The van der Waals surface area contributed by atoms with E-state index in [1.54, 1.807) is 0 Å². The summed E-state index contributed by atoms with van der Waals surface area (Å²) in [4.78, 5) is 7.93. The van der Waals surface area contributed by atoms with Crippen molar-refractivity contribution in [1.82, 2.24) is 9.55 Å². The topological polar surface area (TPSA) is 17.8 Å². The van der Waals surface area contributed by atoms with Gasteiger partial charge < -0.3 is 4.57 Å². The average molecular weight is 781 g/mol. The fraction of sp³-hybridized carbons (Fsp3) is 0. The van der Waals surface area contributed by atoms with E-state index in [9.17, 15) is 0 Å². The highest BCUT2D eigenvalue weighted by molar-refractivity contribution is 7.99. The Hall–Kier alpha value is -7.46. The van der Waals surface area contributed by atoms with Gasteiger partial charge in [-0.05, 0) is 98.9 Å². The molecule has 0 N–H and O–H groups in total. The number of benzene rings is 9. The van der Waals surface area contributed by atoms with Crippen LogP contribution in [0.1, 0.15) is 0 Å². The molecule has 0 saturated carbocycles. The van der Waals surface area contributed by atoms with Crippen molar-refractivity contribution in [1.29, 1.82) is 0 Å².